The number of aromatic amines is 1. The lowest BCUT2D eigenvalue weighted by molar-refractivity contribution is -0.746. The second-order valence-corrected chi connectivity index (χ2v) is 5.79. The molecule has 1 aromatic carbocycles. The Labute approximate surface area is 154 Å². The van der Waals surface area contributed by atoms with Gasteiger partial charge in [-0.1, -0.05) is 35.0 Å². The first-order valence-corrected chi connectivity index (χ1v) is 7.73. The molecule has 0 saturated heterocycles. The Hall–Kier alpha value is -3.81. The number of H-pyrrole nitrogens is 1. The number of ether oxygens (including phenoxy) is 1. The quantitative estimate of drug-likeness (QED) is 0.598. The lowest BCUT2D eigenvalue weighted by Gasteiger charge is -2.26. The lowest BCUT2D eigenvalue weighted by Crippen LogP contribution is -2.42. The zero-order chi connectivity index (χ0) is 20.6. The molecule has 0 radical (unpaired) electrons. The van der Waals surface area contributed by atoms with E-state index in [0.29, 0.717) is 0 Å². The number of nitrogens with zero attached hydrogens (tertiary/aromatic N) is 2. The highest BCUT2D eigenvalue weighted by atomic mass is 19.4. The number of hydrogen-bond donors (Lipinski definition) is 2. The number of aromatic nitrogens is 2. The van der Waals surface area contributed by atoms with Crippen molar-refractivity contribution in [1.29, 1.82) is 5.26 Å². The fraction of sp³-hybridized carbons (Fsp3) is 0.176. The molecule has 3 rings (SSSR count). The van der Waals surface area contributed by atoms with Crippen LogP contribution in [0, 0.1) is 11.3 Å². The van der Waals surface area contributed by atoms with Gasteiger partial charge < -0.3 is 10.5 Å². The van der Waals surface area contributed by atoms with Gasteiger partial charge in [-0.15, -0.1) is 0 Å². The van der Waals surface area contributed by atoms with Crippen molar-refractivity contribution >= 4 is 5.78 Å². The monoisotopic (exact) mass is 393 g/mol. The molecule has 144 valence electrons. The third-order valence-corrected chi connectivity index (χ3v) is 4.08. The minimum atomic E-state index is -5.11. The SMILES string of the molecule is C[n+]1[nH]oc(=O)c1C1C(C#N)=C(N)OC(C(F)(F)F)=C1C(=O)c1ccccc1. The number of alkyl halides is 3. The van der Waals surface area contributed by atoms with Crippen molar-refractivity contribution in [3.8, 4) is 6.07 Å². The maximum atomic E-state index is 13.7. The first-order chi connectivity index (χ1) is 13.2. The molecule has 0 amide bonds. The molecule has 11 heteroatoms. The van der Waals surface area contributed by atoms with E-state index >= 15 is 0 Å². The van der Waals surface area contributed by atoms with Gasteiger partial charge in [0.25, 0.3) is 0 Å². The Morgan fingerprint density at radius 3 is 2.46 bits per heavy atom. The van der Waals surface area contributed by atoms with Crippen molar-refractivity contribution < 1.29 is 31.9 Å². The summed E-state index contributed by atoms with van der Waals surface area (Å²) < 4.78 is 51.2. The number of nitrogens with one attached hydrogen (secondary N) is 1. The molecule has 0 bridgehead atoms. The van der Waals surface area contributed by atoms with Crippen molar-refractivity contribution in [2.75, 3.05) is 0 Å². The fourth-order valence-corrected chi connectivity index (χ4v) is 2.88. The standard InChI is InChI=1S/C17H11F3N4O4/c1-24-12(16(26)28-23-24)10-9(7-21)15(22)27-14(17(18,19)20)11(10)13(25)8-5-3-2-4-6-8/h2-6,10H,22H2,1H3/p+1. The van der Waals surface area contributed by atoms with Gasteiger partial charge >= 0.3 is 17.5 Å². The first-order valence-electron chi connectivity index (χ1n) is 7.73. The number of aryl methyl sites for hydroxylation is 1. The number of Topliss-reactive ketones (excluding diaryl/α,β-unsaturated/α-hetero) is 1. The lowest BCUT2D eigenvalue weighted by atomic mass is 9.82. The van der Waals surface area contributed by atoms with Crippen LogP contribution in [-0.2, 0) is 11.8 Å². The van der Waals surface area contributed by atoms with Crippen molar-refractivity contribution in [2.45, 2.75) is 12.1 Å². The van der Waals surface area contributed by atoms with Gasteiger partial charge in [0.1, 0.15) is 17.6 Å². The molecule has 0 aliphatic carbocycles. The van der Waals surface area contributed by atoms with Gasteiger partial charge in [0.2, 0.25) is 11.6 Å². The summed E-state index contributed by atoms with van der Waals surface area (Å²) >= 11 is 0. The molecule has 0 fully saturated rings. The Bertz CT molecular complexity index is 1100. The molecule has 1 aromatic heterocycles. The van der Waals surface area contributed by atoms with Crippen molar-refractivity contribution in [3.63, 3.8) is 0 Å². The molecule has 2 aromatic rings. The number of carbonyl (C=O) groups is 1. The molecule has 1 atom stereocenters. The molecule has 3 N–H and O–H groups in total. The van der Waals surface area contributed by atoms with Crippen LogP contribution in [0.4, 0.5) is 13.2 Å². The second-order valence-electron chi connectivity index (χ2n) is 5.79. The van der Waals surface area contributed by atoms with Gasteiger partial charge in [-0.05, 0) is 5.27 Å². The molecule has 1 aliphatic rings. The van der Waals surface area contributed by atoms with E-state index in [1.807, 2.05) is 0 Å². The van der Waals surface area contributed by atoms with Crippen LogP contribution in [0.25, 0.3) is 0 Å². The number of allylic oxidation sites excluding steroid dienone is 3. The Balaban J connectivity index is 2.37. The first kappa shape index (κ1) is 19.0. The van der Waals surface area contributed by atoms with E-state index in [-0.39, 0.29) is 5.56 Å². The number of ketones is 1. The molecule has 1 unspecified atom stereocenters. The summed E-state index contributed by atoms with van der Waals surface area (Å²) in [5, 5.41) is 11.6. The average Bonchev–Trinajstić information content (AvgIpc) is 2.98. The highest BCUT2D eigenvalue weighted by molar-refractivity contribution is 6.10. The van der Waals surface area contributed by atoms with E-state index in [1.165, 1.54) is 31.3 Å². The van der Waals surface area contributed by atoms with Gasteiger partial charge in [0.05, 0.1) is 5.57 Å². The molecule has 0 spiro atoms. The summed E-state index contributed by atoms with van der Waals surface area (Å²) in [7, 11) is 1.28. The number of rotatable bonds is 3. The van der Waals surface area contributed by atoms with Gasteiger partial charge in [0.15, 0.2) is 12.8 Å². The summed E-state index contributed by atoms with van der Waals surface area (Å²) in [6.07, 6.45) is -5.11. The number of nitrogens with two attached hydrogens (primary N) is 1. The number of benzene rings is 1. The van der Waals surface area contributed by atoms with Crippen LogP contribution in [0.2, 0.25) is 0 Å². The summed E-state index contributed by atoms with van der Waals surface area (Å²) in [5.41, 5.74) is 2.49. The average molecular weight is 393 g/mol. The molecule has 8 nitrogen and oxygen atoms in total. The van der Waals surface area contributed by atoms with Crippen molar-refractivity contribution in [2.24, 2.45) is 12.8 Å². The maximum absolute atomic E-state index is 13.7. The van der Waals surface area contributed by atoms with E-state index in [1.54, 1.807) is 12.1 Å². The Morgan fingerprint density at radius 2 is 1.96 bits per heavy atom. The van der Waals surface area contributed by atoms with Crippen LogP contribution in [0.15, 0.2) is 62.4 Å². The molecular weight excluding hydrogens is 381 g/mol. The third-order valence-electron chi connectivity index (χ3n) is 4.08. The van der Waals surface area contributed by atoms with Crippen LogP contribution in [0.1, 0.15) is 22.0 Å². The number of nitriles is 1. The van der Waals surface area contributed by atoms with Gasteiger partial charge in [-0.25, -0.2) is 4.79 Å². The predicted octanol–water partition coefficient (Wildman–Crippen LogP) is 1.30. The van der Waals surface area contributed by atoms with E-state index in [9.17, 15) is 28.0 Å². The van der Waals surface area contributed by atoms with E-state index in [2.05, 4.69) is 14.5 Å². The fourth-order valence-electron chi connectivity index (χ4n) is 2.88. The summed E-state index contributed by atoms with van der Waals surface area (Å²) in [4.78, 5) is 25.1. The number of hydrogen-bond acceptors (Lipinski definition) is 6. The summed E-state index contributed by atoms with van der Waals surface area (Å²) in [6, 6.07) is 8.71. The van der Waals surface area contributed by atoms with Crippen LogP contribution < -0.4 is 16.0 Å². The topological polar surface area (TPSA) is 126 Å². The summed E-state index contributed by atoms with van der Waals surface area (Å²) in [6.45, 7) is 0. The zero-order valence-corrected chi connectivity index (χ0v) is 14.2. The summed E-state index contributed by atoms with van der Waals surface area (Å²) in [5.74, 6) is -5.36. The largest absolute Gasteiger partial charge is 0.450 e. The van der Waals surface area contributed by atoms with E-state index in [4.69, 9.17) is 5.73 Å². The van der Waals surface area contributed by atoms with Crippen molar-refractivity contribution in [3.05, 3.63) is 74.8 Å². The molecule has 0 saturated carbocycles. The third kappa shape index (κ3) is 3.05. The van der Waals surface area contributed by atoms with Gasteiger partial charge in [-0.3, -0.25) is 9.32 Å². The zero-order valence-electron chi connectivity index (χ0n) is 14.2. The van der Waals surface area contributed by atoms with Gasteiger partial charge in [0, 0.05) is 5.56 Å². The highest BCUT2D eigenvalue weighted by Gasteiger charge is 2.51. The smallest absolute Gasteiger partial charge is 0.435 e. The number of halogens is 3. The van der Waals surface area contributed by atoms with Crippen LogP contribution in [-0.4, -0.2) is 17.2 Å². The molecule has 2 heterocycles. The van der Waals surface area contributed by atoms with Crippen LogP contribution in [0.3, 0.4) is 0 Å². The molecule has 1 aliphatic heterocycles. The van der Waals surface area contributed by atoms with Gasteiger partial charge in [-0.2, -0.15) is 18.4 Å². The van der Waals surface area contributed by atoms with Crippen LogP contribution >= 0.6 is 0 Å². The number of carbonyl (C=O) groups excluding carboxylic acids is 1. The highest BCUT2D eigenvalue weighted by Crippen LogP contribution is 2.43. The Morgan fingerprint density at radius 1 is 1.32 bits per heavy atom. The Kier molecular flexibility index (Phi) is 4.56. The molecule has 28 heavy (non-hydrogen) atoms. The van der Waals surface area contributed by atoms with Crippen LogP contribution in [0.5, 0.6) is 0 Å². The second kappa shape index (κ2) is 6.73. The molecular formula is C17H12F3N4O4+. The van der Waals surface area contributed by atoms with Crippen molar-refractivity contribution in [1.82, 2.24) is 5.27 Å². The predicted molar refractivity (Wildman–Crippen MR) is 85.0 cm³/mol. The van der Waals surface area contributed by atoms with E-state index in [0.717, 1.165) is 4.68 Å². The van der Waals surface area contributed by atoms with E-state index < -0.39 is 52.0 Å². The minimum absolute atomic E-state index is 0.0896. The normalized spacial score (nSPS) is 17.3. The maximum Gasteiger partial charge on any atom is 0.450 e. The minimum Gasteiger partial charge on any atom is -0.435 e.